The molecule has 0 amide bonds. The standard InChI is InChI=1S/C14H13N3O2/c15-13-5-2-6-14-16-8-10(17(13)14)9-19-12-4-1-3-11(18)7-12/h1-8,18H,9,15H2. The number of hydrogen-bond acceptors (Lipinski definition) is 4. The number of phenols is 1. The smallest absolute Gasteiger partial charge is 0.138 e. The maximum atomic E-state index is 9.37. The summed E-state index contributed by atoms with van der Waals surface area (Å²) in [6.45, 7) is 0.332. The van der Waals surface area contributed by atoms with Crippen molar-refractivity contribution >= 4 is 11.5 Å². The quantitative estimate of drug-likeness (QED) is 0.752. The van der Waals surface area contributed by atoms with Crippen molar-refractivity contribution in [2.45, 2.75) is 6.61 Å². The molecule has 0 saturated carbocycles. The molecule has 3 aromatic rings. The monoisotopic (exact) mass is 255 g/mol. The van der Waals surface area contributed by atoms with Crippen LogP contribution in [0, 0.1) is 0 Å². The fraction of sp³-hybridized carbons (Fsp3) is 0.0714. The first-order valence-corrected chi connectivity index (χ1v) is 5.87. The SMILES string of the molecule is Nc1cccc2ncc(COc3cccc(O)c3)n12. The number of aromatic nitrogens is 2. The number of nitrogens with two attached hydrogens (primary N) is 1. The molecule has 2 aromatic heterocycles. The number of aromatic hydroxyl groups is 1. The van der Waals surface area contributed by atoms with Crippen LogP contribution in [0.15, 0.2) is 48.7 Å². The van der Waals surface area contributed by atoms with Gasteiger partial charge in [0.15, 0.2) is 0 Å². The third kappa shape index (κ3) is 2.18. The van der Waals surface area contributed by atoms with Crippen LogP contribution in [0.1, 0.15) is 5.69 Å². The van der Waals surface area contributed by atoms with Crippen LogP contribution < -0.4 is 10.5 Å². The summed E-state index contributed by atoms with van der Waals surface area (Å²) in [5.41, 5.74) is 7.57. The van der Waals surface area contributed by atoms with Gasteiger partial charge < -0.3 is 15.6 Å². The summed E-state index contributed by atoms with van der Waals surface area (Å²) in [4.78, 5) is 4.26. The van der Waals surface area contributed by atoms with Crippen LogP contribution in [0.5, 0.6) is 11.5 Å². The van der Waals surface area contributed by atoms with Crippen LogP contribution in [0.3, 0.4) is 0 Å². The van der Waals surface area contributed by atoms with E-state index in [2.05, 4.69) is 4.98 Å². The predicted octanol–water partition coefficient (Wildman–Crippen LogP) is 2.20. The highest BCUT2D eigenvalue weighted by Crippen LogP contribution is 2.20. The van der Waals surface area contributed by atoms with E-state index in [0.29, 0.717) is 18.2 Å². The van der Waals surface area contributed by atoms with Gasteiger partial charge in [0.2, 0.25) is 0 Å². The summed E-state index contributed by atoms with van der Waals surface area (Å²) in [6.07, 6.45) is 1.73. The maximum absolute atomic E-state index is 9.37. The van der Waals surface area contributed by atoms with E-state index in [1.807, 2.05) is 22.6 Å². The molecule has 0 spiro atoms. The van der Waals surface area contributed by atoms with Crippen LogP contribution in [0.4, 0.5) is 5.82 Å². The Morgan fingerprint density at radius 3 is 2.89 bits per heavy atom. The van der Waals surface area contributed by atoms with Gasteiger partial charge in [-0.15, -0.1) is 0 Å². The number of phenolic OH excluding ortho intramolecular Hbond substituents is 1. The first kappa shape index (κ1) is 11.4. The Morgan fingerprint density at radius 1 is 1.21 bits per heavy atom. The molecule has 0 aliphatic heterocycles. The van der Waals surface area contributed by atoms with Crippen molar-refractivity contribution in [2.24, 2.45) is 0 Å². The molecule has 0 aliphatic rings. The number of ether oxygens (including phenoxy) is 1. The fourth-order valence-electron chi connectivity index (χ4n) is 1.96. The van der Waals surface area contributed by atoms with E-state index >= 15 is 0 Å². The number of rotatable bonds is 3. The lowest BCUT2D eigenvalue weighted by atomic mass is 10.3. The molecule has 3 N–H and O–H groups in total. The van der Waals surface area contributed by atoms with Crippen LogP contribution >= 0.6 is 0 Å². The number of pyridine rings is 1. The Labute approximate surface area is 109 Å². The second-order valence-corrected chi connectivity index (χ2v) is 4.18. The zero-order chi connectivity index (χ0) is 13.2. The lowest BCUT2D eigenvalue weighted by molar-refractivity contribution is 0.299. The Bertz CT molecular complexity index is 722. The van der Waals surface area contributed by atoms with E-state index < -0.39 is 0 Å². The number of fused-ring (bicyclic) bond motifs is 1. The van der Waals surface area contributed by atoms with Crippen LogP contribution in [-0.4, -0.2) is 14.5 Å². The summed E-state index contributed by atoms with van der Waals surface area (Å²) < 4.78 is 7.45. The molecule has 1 aromatic carbocycles. The van der Waals surface area contributed by atoms with E-state index in [4.69, 9.17) is 10.5 Å². The highest BCUT2D eigenvalue weighted by Gasteiger charge is 2.06. The average Bonchev–Trinajstić information content (AvgIpc) is 2.81. The van der Waals surface area contributed by atoms with E-state index in [-0.39, 0.29) is 5.75 Å². The van der Waals surface area contributed by atoms with Gasteiger partial charge in [-0.2, -0.15) is 0 Å². The molecule has 0 saturated heterocycles. The van der Waals surface area contributed by atoms with Gasteiger partial charge in [0.25, 0.3) is 0 Å². The molecule has 96 valence electrons. The number of imidazole rings is 1. The van der Waals surface area contributed by atoms with Crippen molar-refractivity contribution in [3.05, 3.63) is 54.4 Å². The van der Waals surface area contributed by atoms with E-state index in [0.717, 1.165) is 11.3 Å². The second kappa shape index (κ2) is 4.53. The lowest BCUT2D eigenvalue weighted by Gasteiger charge is -2.07. The summed E-state index contributed by atoms with van der Waals surface area (Å²) in [6, 6.07) is 12.2. The van der Waals surface area contributed by atoms with Gasteiger partial charge in [0, 0.05) is 6.07 Å². The summed E-state index contributed by atoms with van der Waals surface area (Å²) >= 11 is 0. The summed E-state index contributed by atoms with van der Waals surface area (Å²) in [5, 5.41) is 9.37. The third-order valence-electron chi connectivity index (χ3n) is 2.84. The van der Waals surface area contributed by atoms with Crippen molar-refractivity contribution < 1.29 is 9.84 Å². The molecule has 19 heavy (non-hydrogen) atoms. The van der Waals surface area contributed by atoms with Gasteiger partial charge in [-0.25, -0.2) is 4.98 Å². The minimum absolute atomic E-state index is 0.176. The minimum atomic E-state index is 0.176. The topological polar surface area (TPSA) is 72.8 Å². The average molecular weight is 255 g/mol. The Balaban J connectivity index is 1.86. The molecule has 0 aliphatic carbocycles. The number of hydrogen-bond donors (Lipinski definition) is 2. The van der Waals surface area contributed by atoms with Crippen molar-refractivity contribution in [3.63, 3.8) is 0 Å². The van der Waals surface area contributed by atoms with Gasteiger partial charge in [0.05, 0.1) is 11.9 Å². The summed E-state index contributed by atoms with van der Waals surface area (Å²) in [5.74, 6) is 1.39. The number of benzene rings is 1. The van der Waals surface area contributed by atoms with Crippen molar-refractivity contribution in [2.75, 3.05) is 5.73 Å². The molecule has 2 heterocycles. The first-order valence-electron chi connectivity index (χ1n) is 5.87. The molecule has 5 nitrogen and oxygen atoms in total. The van der Waals surface area contributed by atoms with Gasteiger partial charge in [-0.3, -0.25) is 4.40 Å². The lowest BCUT2D eigenvalue weighted by Crippen LogP contribution is -2.03. The Kier molecular flexibility index (Phi) is 2.72. The highest BCUT2D eigenvalue weighted by molar-refractivity contribution is 5.49. The molecule has 0 fully saturated rings. The number of anilines is 1. The molecule has 0 unspecified atom stereocenters. The molecular formula is C14H13N3O2. The Hall–Kier alpha value is -2.69. The number of nitrogens with zero attached hydrogens (tertiary/aromatic N) is 2. The van der Waals surface area contributed by atoms with Crippen LogP contribution in [-0.2, 0) is 6.61 Å². The van der Waals surface area contributed by atoms with Crippen LogP contribution in [0.2, 0.25) is 0 Å². The minimum Gasteiger partial charge on any atom is -0.508 e. The molecule has 3 rings (SSSR count). The largest absolute Gasteiger partial charge is 0.508 e. The van der Waals surface area contributed by atoms with Gasteiger partial charge in [-0.1, -0.05) is 12.1 Å². The Morgan fingerprint density at radius 2 is 2.05 bits per heavy atom. The van der Waals surface area contributed by atoms with E-state index in [1.165, 1.54) is 0 Å². The van der Waals surface area contributed by atoms with Crippen LogP contribution in [0.25, 0.3) is 5.65 Å². The first-order chi connectivity index (χ1) is 9.24. The molecule has 0 radical (unpaired) electrons. The van der Waals surface area contributed by atoms with E-state index in [1.54, 1.807) is 30.5 Å². The molecule has 0 atom stereocenters. The highest BCUT2D eigenvalue weighted by atomic mass is 16.5. The molecule has 5 heteroatoms. The van der Waals surface area contributed by atoms with Gasteiger partial charge >= 0.3 is 0 Å². The summed E-state index contributed by atoms with van der Waals surface area (Å²) in [7, 11) is 0. The second-order valence-electron chi connectivity index (χ2n) is 4.18. The van der Waals surface area contributed by atoms with E-state index in [9.17, 15) is 5.11 Å². The predicted molar refractivity (Wildman–Crippen MR) is 72.0 cm³/mol. The van der Waals surface area contributed by atoms with Crippen molar-refractivity contribution in [1.29, 1.82) is 0 Å². The molecule has 0 bridgehead atoms. The maximum Gasteiger partial charge on any atom is 0.138 e. The number of nitrogen functional groups attached to an aromatic ring is 1. The van der Waals surface area contributed by atoms with Crippen molar-refractivity contribution in [1.82, 2.24) is 9.38 Å². The zero-order valence-electron chi connectivity index (χ0n) is 10.2. The fourth-order valence-corrected chi connectivity index (χ4v) is 1.96. The molecular weight excluding hydrogens is 242 g/mol. The third-order valence-corrected chi connectivity index (χ3v) is 2.84. The van der Waals surface area contributed by atoms with Gasteiger partial charge in [0.1, 0.15) is 29.6 Å². The van der Waals surface area contributed by atoms with Crippen molar-refractivity contribution in [3.8, 4) is 11.5 Å². The normalized spacial score (nSPS) is 10.7. The van der Waals surface area contributed by atoms with Gasteiger partial charge in [-0.05, 0) is 24.3 Å². The zero-order valence-corrected chi connectivity index (χ0v) is 10.2.